The summed E-state index contributed by atoms with van der Waals surface area (Å²) < 4.78 is 1.97. The number of benzene rings is 1. The van der Waals surface area contributed by atoms with Gasteiger partial charge < -0.3 is 10.6 Å². The zero-order chi connectivity index (χ0) is 15.4. The number of hydrogen-bond donors (Lipinski definition) is 2. The van der Waals surface area contributed by atoms with E-state index in [0.29, 0.717) is 11.7 Å². The Bertz CT molecular complexity index is 634. The van der Waals surface area contributed by atoms with Crippen LogP contribution in [-0.4, -0.2) is 21.4 Å². The molecule has 6 heteroatoms. The van der Waals surface area contributed by atoms with Crippen molar-refractivity contribution in [2.24, 2.45) is 0 Å². The minimum Gasteiger partial charge on any atom is -0.363 e. The molecular formula is C15H19ClN4S. The van der Waals surface area contributed by atoms with Crippen molar-refractivity contribution in [3.8, 4) is 0 Å². The number of rotatable bonds is 4. The van der Waals surface area contributed by atoms with Gasteiger partial charge in [-0.25, -0.2) is 0 Å². The van der Waals surface area contributed by atoms with E-state index in [1.54, 1.807) is 0 Å². The van der Waals surface area contributed by atoms with E-state index in [9.17, 15) is 0 Å². The van der Waals surface area contributed by atoms with Crippen LogP contribution < -0.4 is 10.6 Å². The molecule has 2 rings (SSSR count). The monoisotopic (exact) mass is 322 g/mol. The van der Waals surface area contributed by atoms with Gasteiger partial charge in [-0.15, -0.1) is 0 Å². The molecule has 112 valence electrons. The highest BCUT2D eigenvalue weighted by Gasteiger charge is 2.12. The Morgan fingerprint density at radius 2 is 1.95 bits per heavy atom. The lowest BCUT2D eigenvalue weighted by Gasteiger charge is -2.09. The lowest BCUT2D eigenvalue weighted by atomic mass is 10.2. The van der Waals surface area contributed by atoms with Gasteiger partial charge in [0.2, 0.25) is 0 Å². The van der Waals surface area contributed by atoms with E-state index in [1.807, 2.05) is 49.7 Å². The normalized spacial score (nSPS) is 10.5. The summed E-state index contributed by atoms with van der Waals surface area (Å²) in [6.07, 6.45) is 0. The summed E-state index contributed by atoms with van der Waals surface area (Å²) in [6, 6.07) is 7.80. The Morgan fingerprint density at radius 3 is 2.57 bits per heavy atom. The summed E-state index contributed by atoms with van der Waals surface area (Å²) in [4.78, 5) is 0. The first-order valence-corrected chi connectivity index (χ1v) is 7.63. The second-order valence-electron chi connectivity index (χ2n) is 4.81. The van der Waals surface area contributed by atoms with E-state index < -0.39 is 0 Å². The van der Waals surface area contributed by atoms with Gasteiger partial charge in [-0.05, 0) is 50.7 Å². The minimum absolute atomic E-state index is 0.620. The summed E-state index contributed by atoms with van der Waals surface area (Å²) in [6.45, 7) is 7.52. The van der Waals surface area contributed by atoms with Gasteiger partial charge in [0, 0.05) is 11.6 Å². The molecule has 0 saturated heterocycles. The molecule has 0 unspecified atom stereocenters. The summed E-state index contributed by atoms with van der Waals surface area (Å²) >= 11 is 11.1. The van der Waals surface area contributed by atoms with Crippen LogP contribution in [0.15, 0.2) is 24.3 Å². The first-order chi connectivity index (χ1) is 10.0. The molecule has 1 aromatic carbocycles. The summed E-state index contributed by atoms with van der Waals surface area (Å²) in [7, 11) is 0. The summed E-state index contributed by atoms with van der Waals surface area (Å²) in [5, 5.41) is 12.2. The molecule has 0 atom stereocenters. The van der Waals surface area contributed by atoms with Crippen LogP contribution in [0.2, 0.25) is 5.02 Å². The number of aromatic nitrogens is 2. The maximum absolute atomic E-state index is 5.91. The number of anilines is 1. The van der Waals surface area contributed by atoms with E-state index in [0.717, 1.165) is 34.2 Å². The molecule has 0 amide bonds. The number of aryl methyl sites for hydroxylation is 1. The van der Waals surface area contributed by atoms with Crippen molar-refractivity contribution in [1.82, 2.24) is 15.1 Å². The third-order valence-electron chi connectivity index (χ3n) is 3.20. The molecule has 1 heterocycles. The highest BCUT2D eigenvalue weighted by Crippen LogP contribution is 2.20. The minimum atomic E-state index is 0.620. The molecule has 21 heavy (non-hydrogen) atoms. The highest BCUT2D eigenvalue weighted by molar-refractivity contribution is 7.80. The lowest BCUT2D eigenvalue weighted by Crippen LogP contribution is -2.28. The van der Waals surface area contributed by atoms with Gasteiger partial charge in [0.05, 0.1) is 23.6 Å². The van der Waals surface area contributed by atoms with Gasteiger partial charge in [-0.2, -0.15) is 5.10 Å². The fourth-order valence-corrected chi connectivity index (χ4v) is 2.49. The molecule has 0 radical (unpaired) electrons. The average molecular weight is 323 g/mol. The van der Waals surface area contributed by atoms with E-state index in [1.165, 1.54) is 0 Å². The second-order valence-corrected chi connectivity index (χ2v) is 5.66. The maximum atomic E-state index is 5.91. The molecule has 2 aromatic rings. The zero-order valence-electron chi connectivity index (χ0n) is 12.4. The predicted molar refractivity (Wildman–Crippen MR) is 92.2 cm³/mol. The lowest BCUT2D eigenvalue weighted by molar-refractivity contribution is 0.659. The molecule has 1 aromatic heterocycles. The van der Waals surface area contributed by atoms with Gasteiger partial charge in [0.25, 0.3) is 0 Å². The van der Waals surface area contributed by atoms with E-state index in [2.05, 4.69) is 15.7 Å². The first kappa shape index (κ1) is 15.8. The first-order valence-electron chi connectivity index (χ1n) is 6.84. The standard InChI is InChI=1S/C15H19ClN4S/c1-4-17-15(21)18-14-10(2)19-20(11(14)3)9-12-5-7-13(16)8-6-12/h5-8H,4,9H2,1-3H3,(H2,17,18,21). The molecular weight excluding hydrogens is 304 g/mol. The van der Waals surface area contributed by atoms with Crippen molar-refractivity contribution in [1.29, 1.82) is 0 Å². The quantitative estimate of drug-likeness (QED) is 0.845. The number of nitrogens with one attached hydrogen (secondary N) is 2. The number of nitrogens with zero attached hydrogens (tertiary/aromatic N) is 2. The van der Waals surface area contributed by atoms with Crippen LogP contribution in [0.25, 0.3) is 0 Å². The van der Waals surface area contributed by atoms with Crippen molar-refractivity contribution in [3.63, 3.8) is 0 Å². The number of thiocarbonyl (C=S) groups is 1. The Hall–Kier alpha value is -1.59. The van der Waals surface area contributed by atoms with Gasteiger partial charge in [0.1, 0.15) is 0 Å². The molecule has 0 saturated carbocycles. The van der Waals surface area contributed by atoms with E-state index in [-0.39, 0.29) is 0 Å². The van der Waals surface area contributed by atoms with E-state index >= 15 is 0 Å². The summed E-state index contributed by atoms with van der Waals surface area (Å²) in [5.41, 5.74) is 4.12. The fourth-order valence-electron chi connectivity index (χ4n) is 2.11. The van der Waals surface area contributed by atoms with Crippen molar-refractivity contribution < 1.29 is 0 Å². The molecule has 0 fully saturated rings. The van der Waals surface area contributed by atoms with Crippen molar-refractivity contribution >= 4 is 34.6 Å². The Labute approximate surface area is 135 Å². The molecule has 0 spiro atoms. The van der Waals surface area contributed by atoms with Crippen LogP contribution in [0.3, 0.4) is 0 Å². The van der Waals surface area contributed by atoms with E-state index in [4.69, 9.17) is 23.8 Å². The fraction of sp³-hybridized carbons (Fsp3) is 0.333. The van der Waals surface area contributed by atoms with Gasteiger partial charge in [-0.3, -0.25) is 4.68 Å². The molecule has 4 nitrogen and oxygen atoms in total. The third kappa shape index (κ3) is 3.95. The Morgan fingerprint density at radius 1 is 1.29 bits per heavy atom. The number of halogens is 1. The topological polar surface area (TPSA) is 41.9 Å². The van der Waals surface area contributed by atoms with Crippen LogP contribution in [0.1, 0.15) is 23.9 Å². The smallest absolute Gasteiger partial charge is 0.170 e. The summed E-state index contributed by atoms with van der Waals surface area (Å²) in [5.74, 6) is 0. The molecule has 0 aliphatic heterocycles. The maximum Gasteiger partial charge on any atom is 0.170 e. The van der Waals surface area contributed by atoms with Crippen molar-refractivity contribution in [3.05, 3.63) is 46.2 Å². The van der Waals surface area contributed by atoms with Crippen molar-refractivity contribution in [2.45, 2.75) is 27.3 Å². The van der Waals surface area contributed by atoms with Gasteiger partial charge in [-0.1, -0.05) is 23.7 Å². The Kier molecular flexibility index (Phi) is 5.20. The van der Waals surface area contributed by atoms with Crippen molar-refractivity contribution in [2.75, 3.05) is 11.9 Å². The van der Waals surface area contributed by atoms with Crippen LogP contribution in [0.4, 0.5) is 5.69 Å². The highest BCUT2D eigenvalue weighted by atomic mass is 35.5. The largest absolute Gasteiger partial charge is 0.363 e. The molecule has 2 N–H and O–H groups in total. The predicted octanol–water partition coefficient (Wildman–Crippen LogP) is 3.51. The molecule has 0 aliphatic carbocycles. The number of hydrogen-bond acceptors (Lipinski definition) is 2. The van der Waals surface area contributed by atoms with Crippen LogP contribution in [-0.2, 0) is 6.54 Å². The van der Waals surface area contributed by atoms with Crippen LogP contribution in [0, 0.1) is 13.8 Å². The van der Waals surface area contributed by atoms with Gasteiger partial charge >= 0.3 is 0 Å². The van der Waals surface area contributed by atoms with Gasteiger partial charge in [0.15, 0.2) is 5.11 Å². The average Bonchev–Trinajstić information content (AvgIpc) is 2.69. The second kappa shape index (κ2) is 6.91. The molecule has 0 aliphatic rings. The third-order valence-corrected chi connectivity index (χ3v) is 3.70. The Balaban J connectivity index is 2.18. The SMILES string of the molecule is CCNC(=S)Nc1c(C)nn(Cc2ccc(Cl)cc2)c1C. The molecule has 0 bridgehead atoms. The zero-order valence-corrected chi connectivity index (χ0v) is 14.0. The van der Waals surface area contributed by atoms with Crippen LogP contribution in [0.5, 0.6) is 0 Å². The van der Waals surface area contributed by atoms with Crippen LogP contribution >= 0.6 is 23.8 Å².